The zero-order valence-corrected chi connectivity index (χ0v) is 57.3. The molecule has 0 radical (unpaired) electrons. The molecule has 98 heavy (non-hydrogen) atoms. The highest BCUT2D eigenvalue weighted by molar-refractivity contribution is 7.44. The van der Waals surface area contributed by atoms with Gasteiger partial charge in [0.25, 0.3) is 20.0 Å². The summed E-state index contributed by atoms with van der Waals surface area (Å²) < 4.78 is 104. The van der Waals surface area contributed by atoms with Gasteiger partial charge in [0.15, 0.2) is 11.2 Å². The SMILES string of the molecule is COC(=O)C(CCC(=O)NCCCOCCOCCOCCOCC(COC(c1ccccc1)(c1ccc(OC)cc1)c1ccc(OC)cc1)OP(OCCC#N)N(C(C)C)C(C)C)NC(=O)c1ccc(N(Cc2cnc3nc(NC(=O)C(C)C)[nH]c(=O)c3n2)C(=O)C(F)(F)F)cc1. The van der Waals surface area contributed by atoms with Crippen molar-refractivity contribution in [3.63, 3.8) is 0 Å². The van der Waals surface area contributed by atoms with Gasteiger partial charge in [-0.2, -0.15) is 23.4 Å². The average Bonchev–Trinajstić information content (AvgIpc) is 0.752. The highest BCUT2D eigenvalue weighted by Crippen LogP contribution is 2.48. The molecule has 0 bridgehead atoms. The number of ether oxygens (including phenoxy) is 8. The van der Waals surface area contributed by atoms with E-state index in [1.54, 1.807) is 28.1 Å². The van der Waals surface area contributed by atoms with Gasteiger partial charge in [-0.1, -0.05) is 68.4 Å². The molecule has 30 heteroatoms. The fourth-order valence-corrected chi connectivity index (χ4v) is 11.5. The largest absolute Gasteiger partial charge is 0.497 e. The molecule has 0 aliphatic heterocycles. The topological polar surface area (TPSA) is 316 Å². The van der Waals surface area contributed by atoms with E-state index in [9.17, 15) is 47.2 Å². The van der Waals surface area contributed by atoms with Crippen molar-refractivity contribution >= 4 is 60.9 Å². The van der Waals surface area contributed by atoms with Gasteiger partial charge >= 0.3 is 18.1 Å². The second kappa shape index (κ2) is 39.7. The molecule has 0 aliphatic carbocycles. The summed E-state index contributed by atoms with van der Waals surface area (Å²) in [6.07, 6.45) is -4.73. The van der Waals surface area contributed by atoms with Gasteiger partial charge in [0, 0.05) is 48.8 Å². The molecular weight excluding hydrogens is 1300 g/mol. The van der Waals surface area contributed by atoms with E-state index in [2.05, 4.69) is 74.3 Å². The Hall–Kier alpha value is -8.56. The molecule has 0 spiro atoms. The van der Waals surface area contributed by atoms with Crippen LogP contribution in [0.15, 0.2) is 114 Å². The third kappa shape index (κ3) is 23.6. The predicted molar refractivity (Wildman–Crippen MR) is 357 cm³/mol. The quantitative estimate of drug-likeness (QED) is 0.0120. The molecule has 0 fully saturated rings. The van der Waals surface area contributed by atoms with E-state index in [1.165, 1.54) is 0 Å². The first-order valence-electron chi connectivity index (χ1n) is 31.8. The number of nitriles is 1. The van der Waals surface area contributed by atoms with Gasteiger partial charge in [0.05, 0.1) is 112 Å². The van der Waals surface area contributed by atoms with Crippen molar-refractivity contribution in [3.8, 4) is 17.6 Å². The summed E-state index contributed by atoms with van der Waals surface area (Å²) in [6.45, 7) is 13.2. The van der Waals surface area contributed by atoms with Crippen LogP contribution in [0.5, 0.6) is 11.5 Å². The Morgan fingerprint density at radius 1 is 0.714 bits per heavy atom. The number of hydrogen-bond acceptors (Lipinski definition) is 21. The van der Waals surface area contributed by atoms with Crippen molar-refractivity contribution in [1.29, 1.82) is 5.26 Å². The van der Waals surface area contributed by atoms with Gasteiger partial charge in [0.2, 0.25) is 17.8 Å². The fraction of sp³-hybridized carbons (Fsp3) is 0.471. The Kier molecular flexibility index (Phi) is 31.8. The number of methoxy groups -OCH3 is 3. The molecular formula is C68H86F3N10O16P. The van der Waals surface area contributed by atoms with Crippen LogP contribution in [-0.4, -0.2) is 179 Å². The molecule has 530 valence electrons. The first kappa shape index (κ1) is 78.4. The van der Waals surface area contributed by atoms with Crippen molar-refractivity contribution in [1.82, 2.24) is 35.2 Å². The number of amides is 4. The number of anilines is 2. The first-order valence-corrected chi connectivity index (χ1v) is 32.9. The molecule has 0 saturated carbocycles. The number of fused-ring (bicyclic) bond motifs is 1. The number of rotatable bonds is 42. The zero-order chi connectivity index (χ0) is 71.2. The Labute approximate surface area is 568 Å². The minimum Gasteiger partial charge on any atom is -0.497 e. The Morgan fingerprint density at radius 3 is 1.85 bits per heavy atom. The summed E-state index contributed by atoms with van der Waals surface area (Å²) in [5.74, 6) is -4.16. The van der Waals surface area contributed by atoms with Crippen LogP contribution in [0.25, 0.3) is 11.2 Å². The third-order valence-electron chi connectivity index (χ3n) is 14.7. The molecule has 4 amide bonds. The number of carbonyl (C=O) groups excluding carboxylic acids is 5. The lowest BCUT2D eigenvalue weighted by Crippen LogP contribution is -2.42. The van der Waals surface area contributed by atoms with Crippen molar-refractivity contribution in [2.24, 2.45) is 5.92 Å². The molecule has 6 rings (SSSR count). The minimum absolute atomic E-state index is 0.0402. The highest BCUT2D eigenvalue weighted by atomic mass is 31.2. The minimum atomic E-state index is -5.36. The highest BCUT2D eigenvalue weighted by Gasteiger charge is 2.44. The van der Waals surface area contributed by atoms with Crippen LogP contribution in [0.2, 0.25) is 0 Å². The molecule has 2 aromatic heterocycles. The molecule has 6 aromatic rings. The Morgan fingerprint density at radius 2 is 1.30 bits per heavy atom. The Balaban J connectivity index is 0.927. The number of H-pyrrole nitrogens is 1. The number of nitrogens with one attached hydrogen (secondary N) is 4. The number of esters is 1. The first-order chi connectivity index (χ1) is 47.0. The van der Waals surface area contributed by atoms with Crippen LogP contribution in [0.3, 0.4) is 0 Å². The summed E-state index contributed by atoms with van der Waals surface area (Å²) in [6, 6.07) is 30.8. The maximum atomic E-state index is 13.9. The lowest BCUT2D eigenvalue weighted by molar-refractivity contribution is -0.170. The molecule has 4 N–H and O–H groups in total. The van der Waals surface area contributed by atoms with Crippen LogP contribution in [0.1, 0.15) is 100.0 Å². The molecule has 3 atom stereocenters. The van der Waals surface area contributed by atoms with Crippen LogP contribution in [0.4, 0.5) is 24.8 Å². The second-order valence-electron chi connectivity index (χ2n) is 22.8. The number of aromatic amines is 1. The fourth-order valence-electron chi connectivity index (χ4n) is 9.83. The number of nitrogens with zero attached hydrogens (tertiary/aromatic N) is 6. The maximum absolute atomic E-state index is 13.9. The lowest BCUT2D eigenvalue weighted by Gasteiger charge is -2.39. The number of alkyl halides is 3. The lowest BCUT2D eigenvalue weighted by atomic mass is 9.80. The predicted octanol–water partition coefficient (Wildman–Crippen LogP) is 8.71. The number of halogens is 3. The van der Waals surface area contributed by atoms with E-state index in [-0.39, 0.29) is 131 Å². The van der Waals surface area contributed by atoms with E-state index < -0.39 is 80.1 Å². The summed E-state index contributed by atoms with van der Waals surface area (Å²) in [7, 11) is 2.63. The monoisotopic (exact) mass is 1390 g/mol. The van der Waals surface area contributed by atoms with Gasteiger partial charge in [-0.15, -0.1) is 0 Å². The average molecular weight is 1390 g/mol. The summed E-state index contributed by atoms with van der Waals surface area (Å²) in [5, 5.41) is 17.1. The van der Waals surface area contributed by atoms with Crippen molar-refractivity contribution in [2.75, 3.05) is 104 Å². The molecule has 3 unspecified atom stereocenters. The molecule has 0 aliphatic rings. The maximum Gasteiger partial charge on any atom is 0.471 e. The zero-order valence-electron chi connectivity index (χ0n) is 56.4. The van der Waals surface area contributed by atoms with E-state index in [0.717, 1.165) is 54.3 Å². The van der Waals surface area contributed by atoms with Gasteiger partial charge in [-0.3, -0.25) is 39.2 Å². The molecule has 26 nitrogen and oxygen atoms in total. The molecule has 2 heterocycles. The Bertz CT molecular complexity index is 3530. The molecule has 0 saturated heterocycles. The van der Waals surface area contributed by atoms with Crippen LogP contribution >= 0.6 is 8.53 Å². The van der Waals surface area contributed by atoms with Gasteiger partial charge in [0.1, 0.15) is 29.2 Å². The van der Waals surface area contributed by atoms with Gasteiger partial charge < -0.3 is 57.6 Å². The van der Waals surface area contributed by atoms with E-state index in [4.69, 9.17) is 46.9 Å². The smallest absolute Gasteiger partial charge is 0.471 e. The van der Waals surface area contributed by atoms with Crippen LogP contribution in [-0.2, 0) is 68.8 Å². The summed E-state index contributed by atoms with van der Waals surface area (Å²) in [4.78, 5) is 91.3. The van der Waals surface area contributed by atoms with Crippen molar-refractivity contribution in [3.05, 3.63) is 148 Å². The van der Waals surface area contributed by atoms with Crippen molar-refractivity contribution < 1.29 is 84.1 Å². The molecule has 4 aromatic carbocycles. The van der Waals surface area contributed by atoms with Crippen molar-refractivity contribution in [2.45, 2.75) is 110 Å². The third-order valence-corrected chi connectivity index (χ3v) is 16.9. The van der Waals surface area contributed by atoms with E-state index in [1.807, 2.05) is 78.9 Å². The van der Waals surface area contributed by atoms with Crippen LogP contribution in [0, 0.1) is 17.2 Å². The van der Waals surface area contributed by atoms with Gasteiger partial charge in [-0.05, 0) is 106 Å². The van der Waals surface area contributed by atoms with Crippen LogP contribution < -0.4 is 35.9 Å². The van der Waals surface area contributed by atoms with E-state index in [0.29, 0.717) is 29.4 Å². The number of carbonyl (C=O) groups is 5. The number of aromatic nitrogens is 4. The summed E-state index contributed by atoms with van der Waals surface area (Å²) >= 11 is 0. The summed E-state index contributed by atoms with van der Waals surface area (Å²) in [5.41, 5.74) is -0.688. The second-order valence-corrected chi connectivity index (χ2v) is 24.2. The van der Waals surface area contributed by atoms with E-state index >= 15 is 0 Å². The number of benzene rings is 4. The standard InChI is InChI=1S/C68H86F3N10O16P/c1-45(2)61(83)78-66-77-60-59(63(85)79-66)75-52(41-74-60)42-80(65(87)68(69,70)71)53-23-17-48(18-24-53)62(84)76-57(64(86)90-9)29-30-58(82)73-32-14-33-91-35-36-92-37-38-93-39-40-94-43-56(97-98(96-34-13-31-72)81(46(3)4)47(5)6)44-95-67(49-15-11-10-12-16-49,50-19-25-54(88-7)26-20-50)51-21-27-55(89-8)28-22-51/h10-12,15-28,41,45-47,56-57H,13-14,29-30,32-40,42-44H2,1-9H3,(H,73,82)(H,76,84)(H2,74,77,78,79,83,85). The number of hydrogen-bond donors (Lipinski definition) is 4. The van der Waals surface area contributed by atoms with Gasteiger partial charge in [-0.25, -0.2) is 19.4 Å². The normalized spacial score (nSPS) is 12.7.